The lowest BCUT2D eigenvalue weighted by molar-refractivity contribution is 0.152. The van der Waals surface area contributed by atoms with Gasteiger partial charge in [0.1, 0.15) is 18.6 Å². The van der Waals surface area contributed by atoms with Crippen LogP contribution in [-0.2, 0) is 28.5 Å². The van der Waals surface area contributed by atoms with E-state index in [1.165, 1.54) is 24.5 Å². The molecule has 0 amide bonds. The molecule has 34 heavy (non-hydrogen) atoms. The number of aromatic nitrogens is 1. The van der Waals surface area contributed by atoms with E-state index >= 15 is 0 Å². The fourth-order valence-corrected chi connectivity index (χ4v) is 5.93. The molecule has 2 atom stereocenters. The fourth-order valence-electron chi connectivity index (χ4n) is 5.12. The monoisotopic (exact) mass is 492 g/mol. The van der Waals surface area contributed by atoms with Gasteiger partial charge in [-0.05, 0) is 42.9 Å². The van der Waals surface area contributed by atoms with Crippen LogP contribution < -0.4 is 9.46 Å². The highest BCUT2D eigenvalue weighted by Gasteiger charge is 2.45. The first-order valence-corrected chi connectivity index (χ1v) is 12.8. The van der Waals surface area contributed by atoms with Crippen molar-refractivity contribution in [1.82, 2.24) is 9.71 Å². The topological polar surface area (TPSA) is 81.4 Å². The van der Waals surface area contributed by atoms with Crippen molar-refractivity contribution >= 4 is 10.0 Å². The minimum absolute atomic E-state index is 0.109. The molecule has 1 aliphatic heterocycles. The summed E-state index contributed by atoms with van der Waals surface area (Å²) in [4.78, 5) is 4.59. The Kier molecular flexibility index (Phi) is 5.68. The summed E-state index contributed by atoms with van der Waals surface area (Å²) in [6.07, 6.45) is 1.81. The summed E-state index contributed by atoms with van der Waals surface area (Å²) in [6.45, 7) is -0.109. The van der Waals surface area contributed by atoms with Gasteiger partial charge in [0.25, 0.3) is 6.43 Å². The standard InChI is InChI=1S/C24H23F3N2O4S/c1-34(30,31)29-15-7-8-24(11-15)10-14-5-6-18(22(26)27)19(9-14)17-3-2-4-20(25)21(17)32-12-16-13-33-23(24)28-16/h2-6,9,13,15,22,29H,7-8,10-12H2,1H3/t15-,24+/m0/s1. The maximum absolute atomic E-state index is 14.7. The van der Waals surface area contributed by atoms with Gasteiger partial charge < -0.3 is 9.15 Å². The lowest BCUT2D eigenvalue weighted by atomic mass is 9.78. The highest BCUT2D eigenvalue weighted by molar-refractivity contribution is 7.88. The van der Waals surface area contributed by atoms with Crippen LogP contribution >= 0.6 is 0 Å². The normalized spacial score (nSPS) is 22.2. The van der Waals surface area contributed by atoms with Gasteiger partial charge in [0.2, 0.25) is 15.9 Å². The number of rotatable bonds is 3. The van der Waals surface area contributed by atoms with Gasteiger partial charge in [-0.1, -0.05) is 30.3 Å². The zero-order valence-electron chi connectivity index (χ0n) is 18.4. The van der Waals surface area contributed by atoms with Crippen molar-refractivity contribution in [2.75, 3.05) is 6.26 Å². The van der Waals surface area contributed by atoms with Gasteiger partial charge >= 0.3 is 0 Å². The van der Waals surface area contributed by atoms with Crippen molar-refractivity contribution in [3.63, 3.8) is 0 Å². The maximum atomic E-state index is 14.7. The second kappa shape index (κ2) is 8.42. The summed E-state index contributed by atoms with van der Waals surface area (Å²) in [5.41, 5.74) is 0.749. The minimum atomic E-state index is -3.41. The quantitative estimate of drug-likeness (QED) is 0.563. The number of hydrogen-bond donors (Lipinski definition) is 1. The van der Waals surface area contributed by atoms with Gasteiger partial charge in [0.05, 0.1) is 11.7 Å². The smallest absolute Gasteiger partial charge is 0.264 e. The third-order valence-electron chi connectivity index (χ3n) is 6.51. The first-order chi connectivity index (χ1) is 16.1. The fraction of sp³-hybridized carbons (Fsp3) is 0.375. The lowest BCUT2D eigenvalue weighted by Gasteiger charge is -2.27. The molecule has 180 valence electrons. The van der Waals surface area contributed by atoms with Crippen LogP contribution in [0.5, 0.6) is 5.75 Å². The zero-order chi connectivity index (χ0) is 24.1. The van der Waals surface area contributed by atoms with E-state index in [4.69, 9.17) is 9.15 Å². The van der Waals surface area contributed by atoms with Gasteiger partial charge in [-0.25, -0.2) is 31.3 Å². The van der Waals surface area contributed by atoms with Crippen molar-refractivity contribution in [3.8, 4) is 16.9 Å². The van der Waals surface area contributed by atoms with Crippen LogP contribution in [-0.4, -0.2) is 25.7 Å². The highest BCUT2D eigenvalue weighted by Crippen LogP contribution is 2.46. The number of fused-ring (bicyclic) bond motifs is 7. The molecule has 5 rings (SSSR count). The van der Waals surface area contributed by atoms with E-state index in [9.17, 15) is 21.6 Å². The van der Waals surface area contributed by atoms with E-state index in [-0.39, 0.29) is 35.1 Å². The van der Waals surface area contributed by atoms with Gasteiger partial charge in [-0.2, -0.15) is 0 Å². The van der Waals surface area contributed by atoms with E-state index in [1.54, 1.807) is 18.2 Å². The molecule has 0 saturated heterocycles. The van der Waals surface area contributed by atoms with Crippen molar-refractivity contribution < 1.29 is 30.7 Å². The van der Waals surface area contributed by atoms with E-state index in [0.717, 1.165) is 11.8 Å². The summed E-state index contributed by atoms with van der Waals surface area (Å²) in [6, 6.07) is 8.54. The minimum Gasteiger partial charge on any atom is -0.483 e. The SMILES string of the molecule is CS(=O)(=O)N[C@H]1CC[C@@]2(Cc3ccc(C(F)F)c(c3)-c3cccc(F)c3OCc3coc2n3)C1. The average molecular weight is 493 g/mol. The number of nitrogens with one attached hydrogen (secondary N) is 1. The number of alkyl halides is 2. The lowest BCUT2D eigenvalue weighted by Crippen LogP contribution is -2.35. The molecular weight excluding hydrogens is 469 g/mol. The van der Waals surface area contributed by atoms with Gasteiger partial charge in [-0.3, -0.25) is 0 Å². The Bertz CT molecular complexity index is 1340. The Hall–Kier alpha value is -2.85. The summed E-state index contributed by atoms with van der Waals surface area (Å²) < 4.78 is 80.4. The average Bonchev–Trinajstić information content (AvgIpc) is 3.39. The number of hydrogen-bond acceptors (Lipinski definition) is 5. The van der Waals surface area contributed by atoms with Crippen LogP contribution in [0.15, 0.2) is 47.1 Å². The Morgan fingerprint density at radius 1 is 1.21 bits per heavy atom. The number of benzene rings is 2. The molecule has 1 saturated carbocycles. The first-order valence-electron chi connectivity index (χ1n) is 10.9. The molecule has 1 fully saturated rings. The molecule has 10 heteroatoms. The van der Waals surface area contributed by atoms with Crippen molar-refractivity contribution in [1.29, 1.82) is 0 Å². The third kappa shape index (κ3) is 4.32. The second-order valence-corrected chi connectivity index (χ2v) is 10.8. The molecule has 1 aromatic heterocycles. The molecule has 0 unspecified atom stereocenters. The van der Waals surface area contributed by atoms with Crippen LogP contribution in [0.3, 0.4) is 0 Å². The van der Waals surface area contributed by atoms with Crippen LogP contribution in [0, 0.1) is 5.82 Å². The second-order valence-electron chi connectivity index (χ2n) is 9.06. The molecule has 0 radical (unpaired) electrons. The summed E-state index contributed by atoms with van der Waals surface area (Å²) >= 11 is 0. The maximum Gasteiger partial charge on any atom is 0.264 e. The van der Waals surface area contributed by atoms with Crippen LogP contribution in [0.2, 0.25) is 0 Å². The Balaban J connectivity index is 1.65. The zero-order valence-corrected chi connectivity index (χ0v) is 19.2. The van der Waals surface area contributed by atoms with Crippen LogP contribution in [0.4, 0.5) is 13.2 Å². The number of sulfonamides is 1. The van der Waals surface area contributed by atoms with E-state index in [0.29, 0.717) is 37.3 Å². The Morgan fingerprint density at radius 2 is 2.03 bits per heavy atom. The van der Waals surface area contributed by atoms with Crippen molar-refractivity contribution in [2.24, 2.45) is 0 Å². The van der Waals surface area contributed by atoms with Gasteiger partial charge in [0, 0.05) is 17.2 Å². The van der Waals surface area contributed by atoms with Gasteiger partial charge in [-0.15, -0.1) is 0 Å². The van der Waals surface area contributed by atoms with Gasteiger partial charge in [0.15, 0.2) is 11.6 Å². The molecule has 3 aromatic rings. The largest absolute Gasteiger partial charge is 0.483 e. The highest BCUT2D eigenvalue weighted by atomic mass is 32.2. The molecule has 2 heterocycles. The Morgan fingerprint density at radius 3 is 2.79 bits per heavy atom. The molecular formula is C24H23F3N2O4S. The number of nitrogens with zero attached hydrogens (tertiary/aromatic N) is 1. The van der Waals surface area contributed by atoms with Crippen molar-refractivity contribution in [2.45, 2.75) is 50.2 Å². The molecule has 1 N–H and O–H groups in total. The Labute approximate surface area is 195 Å². The summed E-state index contributed by atoms with van der Waals surface area (Å²) in [7, 11) is -3.41. The molecule has 6 nitrogen and oxygen atoms in total. The van der Waals surface area contributed by atoms with E-state index in [2.05, 4.69) is 9.71 Å². The molecule has 2 aliphatic rings. The predicted molar refractivity (Wildman–Crippen MR) is 119 cm³/mol. The van der Waals surface area contributed by atoms with Crippen molar-refractivity contribution in [3.05, 3.63) is 71.2 Å². The molecule has 1 spiro atoms. The van der Waals surface area contributed by atoms with Crippen LogP contribution in [0.25, 0.3) is 11.1 Å². The number of para-hydroxylation sites is 1. The number of halogens is 3. The molecule has 2 aromatic carbocycles. The predicted octanol–water partition coefficient (Wildman–Crippen LogP) is 4.89. The summed E-state index contributed by atoms with van der Waals surface area (Å²) in [5, 5.41) is 0. The van der Waals surface area contributed by atoms with E-state index < -0.39 is 27.7 Å². The first kappa shape index (κ1) is 22.9. The van der Waals surface area contributed by atoms with E-state index in [1.807, 2.05) is 0 Å². The number of ether oxygens (including phenoxy) is 1. The molecule has 1 aliphatic carbocycles. The van der Waals surface area contributed by atoms with Crippen LogP contribution in [0.1, 0.15) is 48.4 Å². The third-order valence-corrected chi connectivity index (χ3v) is 7.27. The summed E-state index contributed by atoms with van der Waals surface area (Å²) in [5.74, 6) is -0.358. The molecule has 4 bridgehead atoms. The number of oxazole rings is 1.